The third kappa shape index (κ3) is 3.89. The number of likely N-dealkylation sites (N-methyl/N-ethyl adjacent to an activating group) is 1. The fraction of sp³-hybridized carbons (Fsp3) is 0.400. The van der Waals surface area contributed by atoms with Gasteiger partial charge in [0.05, 0.1) is 6.54 Å². The lowest BCUT2D eigenvalue weighted by atomic mass is 9.86. The van der Waals surface area contributed by atoms with E-state index < -0.39 is 10.0 Å². The van der Waals surface area contributed by atoms with Crippen molar-refractivity contribution in [2.75, 3.05) is 25.0 Å². The zero-order chi connectivity index (χ0) is 19.8. The molecule has 2 aromatic rings. The van der Waals surface area contributed by atoms with Crippen molar-refractivity contribution in [1.82, 2.24) is 9.29 Å². The predicted molar refractivity (Wildman–Crippen MR) is 105 cm³/mol. The molecule has 6 nitrogen and oxygen atoms in total. The number of nitrogens with zero attached hydrogens (tertiary/aromatic N) is 3. The molecule has 2 heterocycles. The maximum Gasteiger partial charge on any atom is 0.244 e. The fourth-order valence-electron chi connectivity index (χ4n) is 3.17. The molecule has 0 radical (unpaired) electrons. The van der Waals surface area contributed by atoms with Gasteiger partial charge in [-0.05, 0) is 41.2 Å². The van der Waals surface area contributed by atoms with Gasteiger partial charge in [-0.1, -0.05) is 32.9 Å². The van der Waals surface area contributed by atoms with Crippen LogP contribution in [0.1, 0.15) is 31.9 Å². The Labute approximate surface area is 160 Å². The summed E-state index contributed by atoms with van der Waals surface area (Å²) in [7, 11) is -2.33. The highest BCUT2D eigenvalue weighted by atomic mass is 32.2. The van der Waals surface area contributed by atoms with Gasteiger partial charge in [-0.15, -0.1) is 0 Å². The van der Waals surface area contributed by atoms with Crippen molar-refractivity contribution in [1.29, 1.82) is 0 Å². The van der Waals surface area contributed by atoms with Crippen LogP contribution in [0, 0.1) is 0 Å². The number of aromatic nitrogens is 1. The van der Waals surface area contributed by atoms with Crippen LogP contribution in [0.2, 0.25) is 0 Å². The van der Waals surface area contributed by atoms with Crippen LogP contribution < -0.4 is 4.90 Å². The smallest absolute Gasteiger partial charge is 0.244 e. The summed E-state index contributed by atoms with van der Waals surface area (Å²) in [6, 6.07) is 9.20. The monoisotopic (exact) mass is 387 g/mol. The molecule has 0 unspecified atom stereocenters. The molecule has 3 rings (SSSR count). The summed E-state index contributed by atoms with van der Waals surface area (Å²) in [5.74, 6) is -0.229. The fourth-order valence-corrected chi connectivity index (χ4v) is 4.25. The van der Waals surface area contributed by atoms with Crippen molar-refractivity contribution in [3.63, 3.8) is 0 Å². The molecule has 0 atom stereocenters. The normalized spacial score (nSPS) is 14.5. The van der Waals surface area contributed by atoms with Crippen LogP contribution >= 0.6 is 0 Å². The van der Waals surface area contributed by atoms with Gasteiger partial charge in [0, 0.05) is 31.7 Å². The molecule has 1 aliphatic rings. The zero-order valence-electron chi connectivity index (χ0n) is 16.1. The van der Waals surface area contributed by atoms with Gasteiger partial charge in [-0.3, -0.25) is 9.78 Å². The molecule has 1 aliphatic heterocycles. The molecule has 0 bridgehead atoms. The standard InChI is InChI=1S/C20H25N3O3S/c1-20(2,3)16-7-8-18-15(12-16)9-11-23(18)19(24)14-22(4)27(25,26)17-6-5-10-21-13-17/h5-8,10,12-13H,9,11,14H2,1-4H3. The van der Waals surface area contributed by atoms with Crippen LogP contribution in [0.3, 0.4) is 0 Å². The second-order valence-electron chi connectivity index (χ2n) is 7.84. The Morgan fingerprint density at radius 3 is 2.63 bits per heavy atom. The van der Waals surface area contributed by atoms with Crippen molar-refractivity contribution in [2.24, 2.45) is 0 Å². The first kappa shape index (κ1) is 19.5. The minimum absolute atomic E-state index is 0.0461. The van der Waals surface area contributed by atoms with Gasteiger partial charge in [0.1, 0.15) is 4.90 Å². The highest BCUT2D eigenvalue weighted by molar-refractivity contribution is 7.89. The van der Waals surface area contributed by atoms with Crippen LogP contribution in [0.4, 0.5) is 5.69 Å². The van der Waals surface area contributed by atoms with Crippen molar-refractivity contribution in [2.45, 2.75) is 37.5 Å². The number of pyridine rings is 1. The Bertz CT molecular complexity index is 950. The van der Waals surface area contributed by atoms with E-state index in [2.05, 4.69) is 31.8 Å². The summed E-state index contributed by atoms with van der Waals surface area (Å²) in [5, 5.41) is 0. The van der Waals surface area contributed by atoms with E-state index in [1.165, 1.54) is 31.1 Å². The summed E-state index contributed by atoms with van der Waals surface area (Å²) < 4.78 is 26.3. The third-order valence-corrected chi connectivity index (χ3v) is 6.63. The maximum atomic E-state index is 12.8. The maximum absolute atomic E-state index is 12.8. The van der Waals surface area contributed by atoms with Gasteiger partial charge >= 0.3 is 0 Å². The van der Waals surface area contributed by atoms with Crippen molar-refractivity contribution >= 4 is 21.6 Å². The number of sulfonamides is 1. The molecule has 0 aliphatic carbocycles. The van der Waals surface area contributed by atoms with Gasteiger partial charge < -0.3 is 4.90 Å². The zero-order valence-corrected chi connectivity index (χ0v) is 17.0. The van der Waals surface area contributed by atoms with Gasteiger partial charge in [-0.2, -0.15) is 4.31 Å². The van der Waals surface area contributed by atoms with E-state index >= 15 is 0 Å². The molecule has 0 saturated carbocycles. The topological polar surface area (TPSA) is 70.6 Å². The SMILES string of the molecule is CN(CC(=O)N1CCc2cc(C(C)(C)C)ccc21)S(=O)(=O)c1cccnc1. The molecule has 0 saturated heterocycles. The summed E-state index contributed by atoms with van der Waals surface area (Å²) in [6.07, 6.45) is 3.58. The van der Waals surface area contributed by atoms with Crippen molar-refractivity contribution < 1.29 is 13.2 Å². The van der Waals surface area contributed by atoms with Crippen LogP contribution in [0.5, 0.6) is 0 Å². The number of fused-ring (bicyclic) bond motifs is 1. The van der Waals surface area contributed by atoms with Gasteiger partial charge in [0.2, 0.25) is 15.9 Å². The lowest BCUT2D eigenvalue weighted by Crippen LogP contribution is -2.40. The average Bonchev–Trinajstić information content (AvgIpc) is 3.05. The first-order chi connectivity index (χ1) is 12.6. The molecule has 1 aromatic heterocycles. The lowest BCUT2D eigenvalue weighted by molar-refractivity contribution is -0.118. The molecule has 0 fully saturated rings. The van der Waals surface area contributed by atoms with Crippen molar-refractivity contribution in [3.05, 3.63) is 53.9 Å². The second kappa shape index (κ2) is 7.05. The molecule has 144 valence electrons. The van der Waals surface area contributed by atoms with E-state index in [1.807, 2.05) is 12.1 Å². The van der Waals surface area contributed by atoms with E-state index in [4.69, 9.17) is 0 Å². The lowest BCUT2D eigenvalue weighted by Gasteiger charge is -2.23. The second-order valence-corrected chi connectivity index (χ2v) is 9.88. The van der Waals surface area contributed by atoms with Gasteiger partial charge in [0.25, 0.3) is 0 Å². The summed E-state index contributed by atoms with van der Waals surface area (Å²) in [5.41, 5.74) is 3.28. The summed E-state index contributed by atoms with van der Waals surface area (Å²) in [4.78, 5) is 18.4. The summed E-state index contributed by atoms with van der Waals surface area (Å²) in [6.45, 7) is 6.83. The van der Waals surface area contributed by atoms with Gasteiger partial charge in [0.15, 0.2) is 0 Å². The first-order valence-corrected chi connectivity index (χ1v) is 10.3. The van der Waals surface area contributed by atoms with Crippen LogP contribution in [-0.2, 0) is 26.7 Å². The number of hydrogen-bond acceptors (Lipinski definition) is 4. The van der Waals surface area contributed by atoms with Crippen LogP contribution in [-0.4, -0.2) is 43.8 Å². The molecule has 0 spiro atoms. The van der Waals surface area contributed by atoms with E-state index in [0.717, 1.165) is 22.0 Å². The molecule has 7 heteroatoms. The van der Waals surface area contributed by atoms with E-state index in [-0.39, 0.29) is 22.8 Å². The number of carbonyl (C=O) groups is 1. The highest BCUT2D eigenvalue weighted by Crippen LogP contribution is 2.33. The minimum Gasteiger partial charge on any atom is -0.311 e. The Morgan fingerprint density at radius 2 is 2.00 bits per heavy atom. The van der Waals surface area contributed by atoms with E-state index in [0.29, 0.717) is 6.54 Å². The molecule has 1 aromatic carbocycles. The molecular weight excluding hydrogens is 362 g/mol. The predicted octanol–water partition coefficient (Wildman–Crippen LogP) is 2.59. The Balaban J connectivity index is 1.77. The van der Waals surface area contributed by atoms with Gasteiger partial charge in [-0.25, -0.2) is 8.42 Å². The Hall–Kier alpha value is -2.25. The average molecular weight is 388 g/mol. The number of carbonyl (C=O) groups excluding carboxylic acids is 1. The summed E-state index contributed by atoms with van der Waals surface area (Å²) >= 11 is 0. The first-order valence-electron chi connectivity index (χ1n) is 8.91. The minimum atomic E-state index is -3.74. The quantitative estimate of drug-likeness (QED) is 0.808. The number of hydrogen-bond donors (Lipinski definition) is 0. The van der Waals surface area contributed by atoms with Crippen LogP contribution in [0.15, 0.2) is 47.6 Å². The molecule has 0 N–H and O–H groups in total. The van der Waals surface area contributed by atoms with Crippen LogP contribution in [0.25, 0.3) is 0 Å². The highest BCUT2D eigenvalue weighted by Gasteiger charge is 2.30. The van der Waals surface area contributed by atoms with Crippen molar-refractivity contribution in [3.8, 4) is 0 Å². The molecule has 1 amide bonds. The molecule has 27 heavy (non-hydrogen) atoms. The number of rotatable bonds is 4. The third-order valence-electron chi connectivity index (χ3n) is 4.84. The largest absolute Gasteiger partial charge is 0.311 e. The molecular formula is C20H25N3O3S. The Kier molecular flexibility index (Phi) is 5.10. The van der Waals surface area contributed by atoms with E-state index in [1.54, 1.807) is 11.0 Å². The number of amides is 1. The Morgan fingerprint density at radius 1 is 1.26 bits per heavy atom. The van der Waals surface area contributed by atoms with E-state index in [9.17, 15) is 13.2 Å². The number of benzene rings is 1. The number of anilines is 1.